The van der Waals surface area contributed by atoms with Crippen LogP contribution < -0.4 is 4.90 Å². The molecule has 0 unspecified atom stereocenters. The average Bonchev–Trinajstić information content (AvgIpc) is 3.14. The minimum Gasteiger partial charge on any atom is -0.366 e. The van der Waals surface area contributed by atoms with Crippen molar-refractivity contribution in [2.75, 3.05) is 18.0 Å². The monoisotopic (exact) mass is 450 g/mol. The third kappa shape index (κ3) is 4.56. The Kier molecular flexibility index (Phi) is 6.34. The van der Waals surface area contributed by atoms with Crippen molar-refractivity contribution in [3.8, 4) is 6.07 Å². The maximum atomic E-state index is 11.7. The van der Waals surface area contributed by atoms with Gasteiger partial charge >= 0.3 is 0 Å². The second kappa shape index (κ2) is 9.03. The van der Waals surface area contributed by atoms with E-state index in [0.29, 0.717) is 22.7 Å². The van der Waals surface area contributed by atoms with E-state index in [1.807, 2.05) is 12.1 Å². The first kappa shape index (κ1) is 22.5. The van der Waals surface area contributed by atoms with Crippen LogP contribution in [0.1, 0.15) is 68.0 Å². The molecule has 32 heavy (non-hydrogen) atoms. The molecule has 0 N–H and O–H groups in total. The number of nitrogens with zero attached hydrogens (tertiary/aromatic N) is 4. The number of nitro groups is 1. The second-order valence-electron chi connectivity index (χ2n) is 9.91. The Balaban J connectivity index is 1.61. The van der Waals surface area contributed by atoms with E-state index in [0.717, 1.165) is 55.8 Å². The van der Waals surface area contributed by atoms with Gasteiger partial charge in [0.1, 0.15) is 16.8 Å². The molecule has 0 radical (unpaired) electrons. The number of benzene rings is 1. The summed E-state index contributed by atoms with van der Waals surface area (Å²) in [7, 11) is 0. The van der Waals surface area contributed by atoms with Gasteiger partial charge in [0, 0.05) is 30.2 Å². The summed E-state index contributed by atoms with van der Waals surface area (Å²) >= 11 is 1.60. The number of thiophene rings is 1. The molecule has 0 saturated carbocycles. The molecular formula is C25H30N4O2S. The summed E-state index contributed by atoms with van der Waals surface area (Å²) in [5.41, 5.74) is 3.55. The Labute approximate surface area is 193 Å². The van der Waals surface area contributed by atoms with E-state index in [9.17, 15) is 15.4 Å². The van der Waals surface area contributed by atoms with Gasteiger partial charge in [0.2, 0.25) is 0 Å². The topological polar surface area (TPSA) is 82.5 Å². The minimum absolute atomic E-state index is 0.120. The SMILES string of the molecule is CC(C)(C)[C@@H]1CCc2c(sc(N=Cc3ccc(N4CCCCC4)c([N+](=O)[O-])c3)c2C#N)C1. The number of hydrogen-bond donors (Lipinski definition) is 0. The lowest BCUT2D eigenvalue weighted by molar-refractivity contribution is -0.384. The molecule has 1 atom stereocenters. The van der Waals surface area contributed by atoms with Crippen molar-refractivity contribution in [2.24, 2.45) is 16.3 Å². The number of fused-ring (bicyclic) bond motifs is 1. The molecule has 1 aliphatic heterocycles. The summed E-state index contributed by atoms with van der Waals surface area (Å²) in [6.45, 7) is 8.55. The molecule has 168 valence electrons. The van der Waals surface area contributed by atoms with Crippen LogP contribution in [0.15, 0.2) is 23.2 Å². The van der Waals surface area contributed by atoms with Gasteiger partial charge in [-0.15, -0.1) is 11.3 Å². The van der Waals surface area contributed by atoms with Crippen molar-refractivity contribution >= 4 is 33.9 Å². The lowest BCUT2D eigenvalue weighted by Crippen LogP contribution is -2.29. The Hall–Kier alpha value is -2.72. The lowest BCUT2D eigenvalue weighted by atomic mass is 9.72. The van der Waals surface area contributed by atoms with Crippen molar-refractivity contribution in [1.82, 2.24) is 0 Å². The lowest BCUT2D eigenvalue weighted by Gasteiger charge is -2.33. The molecule has 6 nitrogen and oxygen atoms in total. The number of rotatable bonds is 4. The summed E-state index contributed by atoms with van der Waals surface area (Å²) in [5, 5.41) is 22.2. The van der Waals surface area contributed by atoms with Gasteiger partial charge < -0.3 is 4.90 Å². The molecule has 7 heteroatoms. The van der Waals surface area contributed by atoms with Gasteiger partial charge in [-0.3, -0.25) is 10.1 Å². The van der Waals surface area contributed by atoms with Crippen molar-refractivity contribution in [3.63, 3.8) is 0 Å². The summed E-state index contributed by atoms with van der Waals surface area (Å²) < 4.78 is 0. The highest BCUT2D eigenvalue weighted by Gasteiger charge is 2.32. The summed E-state index contributed by atoms with van der Waals surface area (Å²) in [5.74, 6) is 0.599. The van der Waals surface area contributed by atoms with Crippen molar-refractivity contribution in [2.45, 2.75) is 59.3 Å². The number of nitro benzene ring substituents is 1. The zero-order valence-corrected chi connectivity index (χ0v) is 19.9. The number of aliphatic imine (C=N–C) groups is 1. The van der Waals surface area contributed by atoms with Gasteiger partial charge in [-0.1, -0.05) is 26.8 Å². The van der Waals surface area contributed by atoms with E-state index < -0.39 is 0 Å². The zero-order chi connectivity index (χ0) is 22.9. The zero-order valence-electron chi connectivity index (χ0n) is 19.1. The van der Waals surface area contributed by atoms with Crippen LogP contribution in [0.4, 0.5) is 16.4 Å². The molecule has 1 aromatic heterocycles. The highest BCUT2D eigenvalue weighted by molar-refractivity contribution is 7.16. The molecule has 0 bridgehead atoms. The van der Waals surface area contributed by atoms with E-state index in [-0.39, 0.29) is 16.0 Å². The van der Waals surface area contributed by atoms with E-state index in [4.69, 9.17) is 0 Å². The summed E-state index contributed by atoms with van der Waals surface area (Å²) in [6, 6.07) is 7.68. The first-order valence-corrected chi connectivity index (χ1v) is 12.2. The summed E-state index contributed by atoms with van der Waals surface area (Å²) in [6.07, 6.45) is 7.97. The number of hydrogen-bond acceptors (Lipinski definition) is 6. The molecule has 0 spiro atoms. The Morgan fingerprint density at radius 1 is 1.28 bits per heavy atom. The van der Waals surface area contributed by atoms with E-state index in [2.05, 4.69) is 36.7 Å². The first-order valence-electron chi connectivity index (χ1n) is 11.4. The van der Waals surface area contributed by atoms with E-state index >= 15 is 0 Å². The maximum Gasteiger partial charge on any atom is 0.293 e. The van der Waals surface area contributed by atoms with Crippen LogP contribution in [0.5, 0.6) is 0 Å². The number of nitriles is 1. The number of piperidine rings is 1. The van der Waals surface area contributed by atoms with Crippen LogP contribution in [0.25, 0.3) is 0 Å². The molecule has 2 aliphatic rings. The predicted molar refractivity (Wildman–Crippen MR) is 130 cm³/mol. The van der Waals surface area contributed by atoms with E-state index in [1.54, 1.807) is 23.6 Å². The first-order chi connectivity index (χ1) is 15.3. The van der Waals surface area contributed by atoms with Crippen LogP contribution >= 0.6 is 11.3 Å². The van der Waals surface area contributed by atoms with Gasteiger partial charge in [0.15, 0.2) is 0 Å². The smallest absolute Gasteiger partial charge is 0.293 e. The van der Waals surface area contributed by atoms with Gasteiger partial charge in [0.05, 0.1) is 10.5 Å². The van der Waals surface area contributed by atoms with Crippen LogP contribution in [0.3, 0.4) is 0 Å². The maximum absolute atomic E-state index is 11.7. The van der Waals surface area contributed by atoms with Crippen LogP contribution in [-0.4, -0.2) is 24.2 Å². The van der Waals surface area contributed by atoms with Crippen LogP contribution in [-0.2, 0) is 12.8 Å². The Morgan fingerprint density at radius 3 is 2.69 bits per heavy atom. The highest BCUT2D eigenvalue weighted by atomic mass is 32.1. The van der Waals surface area contributed by atoms with Gasteiger partial charge in [0.25, 0.3) is 5.69 Å². The molecule has 4 rings (SSSR count). The normalized spacial score (nSPS) is 19.1. The molecule has 1 aromatic carbocycles. The van der Waals surface area contributed by atoms with Crippen molar-refractivity contribution in [1.29, 1.82) is 5.26 Å². The molecule has 1 fully saturated rings. The van der Waals surface area contributed by atoms with Crippen molar-refractivity contribution < 1.29 is 4.92 Å². The standard InChI is InChI=1S/C25H30N4O2S/c1-25(2,3)18-8-9-19-20(15-26)24(32-23(19)14-18)27-16-17-7-10-21(22(13-17)29(30)31)28-11-5-4-6-12-28/h7,10,13,16,18H,4-6,8-9,11-12,14H2,1-3H3/t18-/m1/s1. The molecule has 2 heterocycles. The van der Waals surface area contributed by atoms with Gasteiger partial charge in [-0.05, 0) is 67.1 Å². The van der Waals surface area contributed by atoms with E-state index in [1.165, 1.54) is 11.3 Å². The van der Waals surface area contributed by atoms with Crippen molar-refractivity contribution in [3.05, 3.63) is 49.9 Å². The quantitative estimate of drug-likeness (QED) is 0.306. The summed E-state index contributed by atoms with van der Waals surface area (Å²) in [4.78, 5) is 19.4. The molecule has 2 aromatic rings. The fourth-order valence-electron chi connectivity index (χ4n) is 4.82. The minimum atomic E-state index is -0.307. The molecule has 1 saturated heterocycles. The Morgan fingerprint density at radius 2 is 2.03 bits per heavy atom. The molecule has 1 aliphatic carbocycles. The fraction of sp³-hybridized carbons (Fsp3) is 0.520. The van der Waals surface area contributed by atoms with Gasteiger partial charge in [-0.25, -0.2) is 4.99 Å². The fourth-order valence-corrected chi connectivity index (χ4v) is 6.04. The van der Waals surface area contributed by atoms with Crippen LogP contribution in [0, 0.1) is 32.8 Å². The molecule has 0 amide bonds. The predicted octanol–water partition coefficient (Wildman–Crippen LogP) is 6.42. The van der Waals surface area contributed by atoms with Crippen LogP contribution in [0.2, 0.25) is 0 Å². The highest BCUT2D eigenvalue weighted by Crippen LogP contribution is 2.45. The number of anilines is 1. The average molecular weight is 451 g/mol. The second-order valence-corrected chi connectivity index (χ2v) is 11.0. The third-order valence-corrected chi connectivity index (χ3v) is 7.97. The third-order valence-electron chi connectivity index (χ3n) is 6.81. The Bertz CT molecular complexity index is 1080. The molecular weight excluding hydrogens is 420 g/mol. The van der Waals surface area contributed by atoms with Gasteiger partial charge in [-0.2, -0.15) is 5.26 Å². The largest absolute Gasteiger partial charge is 0.366 e.